The maximum atomic E-state index is 12.5. The van der Waals surface area contributed by atoms with E-state index < -0.39 is 0 Å². The highest BCUT2D eigenvalue weighted by Crippen LogP contribution is 2.26. The Balaban J connectivity index is 1.50. The first kappa shape index (κ1) is 15.8. The van der Waals surface area contributed by atoms with Gasteiger partial charge >= 0.3 is 0 Å². The van der Waals surface area contributed by atoms with Gasteiger partial charge in [-0.2, -0.15) is 0 Å². The second kappa shape index (κ2) is 7.44. The summed E-state index contributed by atoms with van der Waals surface area (Å²) in [5.41, 5.74) is 1.31. The van der Waals surface area contributed by atoms with Crippen molar-refractivity contribution >= 4 is 5.91 Å². The summed E-state index contributed by atoms with van der Waals surface area (Å²) in [4.78, 5) is 19.0. The normalized spacial score (nSPS) is 18.1. The molecule has 0 N–H and O–H groups in total. The van der Waals surface area contributed by atoms with Crippen molar-refractivity contribution in [2.45, 2.75) is 38.0 Å². The van der Waals surface area contributed by atoms with E-state index in [-0.39, 0.29) is 0 Å². The summed E-state index contributed by atoms with van der Waals surface area (Å²) in [6.07, 6.45) is 8.56. The first-order chi connectivity index (χ1) is 11.2. The molecule has 3 rings (SSSR count). The molecule has 1 atom stereocenters. The van der Waals surface area contributed by atoms with E-state index in [0.29, 0.717) is 18.2 Å². The topological polar surface area (TPSA) is 38.1 Å². The van der Waals surface area contributed by atoms with Crippen LogP contribution in [0.2, 0.25) is 0 Å². The number of aryl methyl sites for hydroxylation is 2. The Morgan fingerprint density at radius 3 is 2.87 bits per heavy atom. The molecule has 0 saturated carbocycles. The second-order valence-electron chi connectivity index (χ2n) is 6.41. The van der Waals surface area contributed by atoms with Crippen molar-refractivity contribution in [2.24, 2.45) is 7.05 Å². The van der Waals surface area contributed by atoms with Gasteiger partial charge in [0.25, 0.3) is 0 Å². The van der Waals surface area contributed by atoms with Crippen LogP contribution in [0.25, 0.3) is 0 Å². The van der Waals surface area contributed by atoms with E-state index in [9.17, 15) is 4.79 Å². The van der Waals surface area contributed by atoms with Gasteiger partial charge in [0.15, 0.2) is 0 Å². The number of carbonyl (C=O) groups excluding carboxylic acids is 1. The number of benzene rings is 1. The Morgan fingerprint density at radius 1 is 1.30 bits per heavy atom. The molecule has 0 unspecified atom stereocenters. The van der Waals surface area contributed by atoms with Crippen LogP contribution in [0.5, 0.6) is 0 Å². The zero-order chi connectivity index (χ0) is 16.1. The number of aromatic nitrogens is 2. The third-order valence-corrected chi connectivity index (χ3v) is 4.70. The fourth-order valence-corrected chi connectivity index (χ4v) is 3.43. The summed E-state index contributed by atoms with van der Waals surface area (Å²) in [7, 11) is 2.03. The summed E-state index contributed by atoms with van der Waals surface area (Å²) in [6, 6.07) is 10.4. The van der Waals surface area contributed by atoms with E-state index in [1.807, 2.05) is 30.4 Å². The van der Waals surface area contributed by atoms with Gasteiger partial charge in [0.05, 0.1) is 0 Å². The molecule has 23 heavy (non-hydrogen) atoms. The van der Waals surface area contributed by atoms with Crippen molar-refractivity contribution in [3.05, 3.63) is 54.1 Å². The number of hydrogen-bond donors (Lipinski definition) is 0. The Hall–Kier alpha value is -2.10. The summed E-state index contributed by atoms with van der Waals surface area (Å²) in [5.74, 6) is 1.77. The van der Waals surface area contributed by atoms with Crippen molar-refractivity contribution in [2.75, 3.05) is 13.1 Å². The largest absolute Gasteiger partial charge is 0.342 e. The number of carbonyl (C=O) groups is 1. The highest BCUT2D eigenvalue weighted by atomic mass is 16.2. The van der Waals surface area contributed by atoms with Crippen molar-refractivity contribution in [3.8, 4) is 0 Å². The third kappa shape index (κ3) is 4.01. The van der Waals surface area contributed by atoms with Crippen LogP contribution in [0, 0.1) is 0 Å². The lowest BCUT2D eigenvalue weighted by Crippen LogP contribution is -2.39. The van der Waals surface area contributed by atoms with Crippen molar-refractivity contribution in [1.82, 2.24) is 14.5 Å². The summed E-state index contributed by atoms with van der Waals surface area (Å²) >= 11 is 0. The molecule has 0 spiro atoms. The number of amides is 1. The van der Waals surface area contributed by atoms with Gasteiger partial charge in [0.2, 0.25) is 5.91 Å². The number of rotatable bonds is 5. The molecule has 4 nitrogen and oxygen atoms in total. The van der Waals surface area contributed by atoms with E-state index in [0.717, 1.165) is 44.6 Å². The van der Waals surface area contributed by atoms with Gasteiger partial charge in [0, 0.05) is 44.9 Å². The number of nitrogens with zero attached hydrogens (tertiary/aromatic N) is 3. The van der Waals surface area contributed by atoms with E-state index in [4.69, 9.17) is 0 Å². The lowest BCUT2D eigenvalue weighted by Gasteiger charge is -2.32. The molecule has 122 valence electrons. The SMILES string of the molecule is Cn1ccnc1[C@H]1CCCN(C(=O)CCCc2ccccc2)C1. The van der Waals surface area contributed by atoms with Crippen molar-refractivity contribution in [1.29, 1.82) is 0 Å². The average Bonchev–Trinajstić information content (AvgIpc) is 3.02. The molecule has 0 aliphatic carbocycles. The minimum atomic E-state index is 0.292. The molecule has 2 aromatic rings. The van der Waals surface area contributed by atoms with Crippen LogP contribution in [0.1, 0.15) is 43.0 Å². The van der Waals surface area contributed by atoms with E-state index in [2.05, 4.69) is 33.8 Å². The van der Waals surface area contributed by atoms with Crippen LogP contribution in [0.4, 0.5) is 0 Å². The molecule has 2 heterocycles. The standard InChI is InChI=1S/C19H25N3O/c1-21-14-12-20-19(21)17-10-6-13-22(15-17)18(23)11-5-9-16-7-3-2-4-8-16/h2-4,7-8,12,14,17H,5-6,9-11,13,15H2,1H3/t17-/m0/s1. The van der Waals surface area contributed by atoms with E-state index in [1.54, 1.807) is 0 Å². The van der Waals surface area contributed by atoms with Crippen LogP contribution < -0.4 is 0 Å². The number of piperidine rings is 1. The predicted molar refractivity (Wildman–Crippen MR) is 91.1 cm³/mol. The molecule has 1 aliphatic rings. The van der Waals surface area contributed by atoms with Gasteiger partial charge in [-0.3, -0.25) is 4.79 Å². The fourth-order valence-electron chi connectivity index (χ4n) is 3.43. The Morgan fingerprint density at radius 2 is 2.13 bits per heavy atom. The van der Waals surface area contributed by atoms with Crippen LogP contribution >= 0.6 is 0 Å². The average molecular weight is 311 g/mol. The molecule has 4 heteroatoms. The number of likely N-dealkylation sites (tertiary alicyclic amines) is 1. The first-order valence-corrected chi connectivity index (χ1v) is 8.53. The smallest absolute Gasteiger partial charge is 0.222 e. The maximum Gasteiger partial charge on any atom is 0.222 e. The molecule has 1 fully saturated rings. The highest BCUT2D eigenvalue weighted by Gasteiger charge is 2.26. The first-order valence-electron chi connectivity index (χ1n) is 8.53. The monoisotopic (exact) mass is 311 g/mol. The van der Waals surface area contributed by atoms with Gasteiger partial charge in [-0.1, -0.05) is 30.3 Å². The molecule has 1 aliphatic heterocycles. The zero-order valence-corrected chi connectivity index (χ0v) is 13.8. The van der Waals surface area contributed by atoms with Crippen LogP contribution in [0.3, 0.4) is 0 Å². The molecular formula is C19H25N3O. The van der Waals surface area contributed by atoms with Gasteiger partial charge in [-0.15, -0.1) is 0 Å². The Labute approximate surface area is 138 Å². The lowest BCUT2D eigenvalue weighted by atomic mass is 9.96. The second-order valence-corrected chi connectivity index (χ2v) is 6.41. The fraction of sp³-hybridized carbons (Fsp3) is 0.474. The number of imidazole rings is 1. The van der Waals surface area contributed by atoms with E-state index in [1.165, 1.54) is 5.56 Å². The molecule has 1 saturated heterocycles. The molecule has 1 aromatic carbocycles. The van der Waals surface area contributed by atoms with Crippen LogP contribution in [0.15, 0.2) is 42.7 Å². The Kier molecular flexibility index (Phi) is 5.11. The van der Waals surface area contributed by atoms with Crippen molar-refractivity contribution in [3.63, 3.8) is 0 Å². The molecule has 0 radical (unpaired) electrons. The minimum absolute atomic E-state index is 0.292. The minimum Gasteiger partial charge on any atom is -0.342 e. The summed E-state index contributed by atoms with van der Waals surface area (Å²) in [6.45, 7) is 1.71. The zero-order valence-electron chi connectivity index (χ0n) is 13.8. The van der Waals surface area contributed by atoms with Gasteiger partial charge < -0.3 is 9.47 Å². The Bertz CT molecular complexity index is 635. The summed E-state index contributed by atoms with van der Waals surface area (Å²) in [5, 5.41) is 0. The van der Waals surface area contributed by atoms with Gasteiger partial charge in [0.1, 0.15) is 5.82 Å². The lowest BCUT2D eigenvalue weighted by molar-refractivity contribution is -0.132. The highest BCUT2D eigenvalue weighted by molar-refractivity contribution is 5.76. The van der Waals surface area contributed by atoms with Gasteiger partial charge in [-0.05, 0) is 31.2 Å². The molecule has 1 aromatic heterocycles. The maximum absolute atomic E-state index is 12.5. The molecule has 1 amide bonds. The molecule has 0 bridgehead atoms. The van der Waals surface area contributed by atoms with Crippen LogP contribution in [-0.2, 0) is 18.3 Å². The van der Waals surface area contributed by atoms with Crippen molar-refractivity contribution < 1.29 is 4.79 Å². The predicted octanol–water partition coefficient (Wildman–Crippen LogP) is 3.15. The third-order valence-electron chi connectivity index (χ3n) is 4.70. The molecular weight excluding hydrogens is 286 g/mol. The van der Waals surface area contributed by atoms with Gasteiger partial charge in [-0.25, -0.2) is 4.98 Å². The quantitative estimate of drug-likeness (QED) is 0.851. The summed E-state index contributed by atoms with van der Waals surface area (Å²) < 4.78 is 2.08. The van der Waals surface area contributed by atoms with E-state index >= 15 is 0 Å². The number of hydrogen-bond acceptors (Lipinski definition) is 2. The van der Waals surface area contributed by atoms with Crippen LogP contribution in [-0.4, -0.2) is 33.4 Å².